The minimum Gasteiger partial charge on any atom is -0.372 e. The first-order valence-corrected chi connectivity index (χ1v) is 21.2. The van der Waals surface area contributed by atoms with Gasteiger partial charge in [0.25, 0.3) is 0 Å². The van der Waals surface area contributed by atoms with Crippen LogP contribution < -0.4 is 14.7 Å². The van der Waals surface area contributed by atoms with E-state index in [4.69, 9.17) is 0 Å². The second-order valence-corrected chi connectivity index (χ2v) is 16.6. The Hall–Kier alpha value is -5.09. The van der Waals surface area contributed by atoms with Crippen molar-refractivity contribution in [3.05, 3.63) is 144 Å². The lowest BCUT2D eigenvalue weighted by atomic mass is 9.78. The first-order chi connectivity index (χ1) is 27.1. The molecule has 5 aromatic carbocycles. The number of nitrogens with zero attached hydrogens (tertiary/aromatic N) is 4. The SMILES string of the molecule is CCN(CC)c1ccc(C=CC2=[N+](CCCCN3c4ccc5ccccc5c4C(C)(C)C3C=Cc3ccc(N(CC)CC)cc3)c3ccccc3C2(C)C)cc1. The molecule has 56 heavy (non-hydrogen) atoms. The Morgan fingerprint density at radius 1 is 0.625 bits per heavy atom. The van der Waals surface area contributed by atoms with Crippen LogP contribution in [0.1, 0.15) is 90.5 Å². The molecule has 0 spiro atoms. The predicted molar refractivity (Wildman–Crippen MR) is 245 cm³/mol. The Bertz CT molecular complexity index is 2210. The smallest absolute Gasteiger partial charge is 0.209 e. The average Bonchev–Trinajstić information content (AvgIpc) is 3.57. The third-order valence-electron chi connectivity index (χ3n) is 12.7. The summed E-state index contributed by atoms with van der Waals surface area (Å²) in [7, 11) is 0. The largest absolute Gasteiger partial charge is 0.372 e. The number of fused-ring (bicyclic) bond motifs is 4. The van der Waals surface area contributed by atoms with Crippen molar-refractivity contribution >= 4 is 51.4 Å². The van der Waals surface area contributed by atoms with Gasteiger partial charge in [0.15, 0.2) is 5.71 Å². The van der Waals surface area contributed by atoms with Gasteiger partial charge in [0.2, 0.25) is 5.69 Å². The van der Waals surface area contributed by atoms with E-state index in [2.05, 4.69) is 208 Å². The summed E-state index contributed by atoms with van der Waals surface area (Å²) in [4.78, 5) is 7.51. The molecule has 0 saturated carbocycles. The zero-order valence-electron chi connectivity index (χ0n) is 35.2. The van der Waals surface area contributed by atoms with Crippen molar-refractivity contribution in [2.45, 2.75) is 85.1 Å². The van der Waals surface area contributed by atoms with Crippen LogP contribution in [0.15, 0.2) is 121 Å². The maximum atomic E-state index is 2.71. The molecule has 0 bridgehead atoms. The van der Waals surface area contributed by atoms with Crippen molar-refractivity contribution < 1.29 is 4.58 Å². The number of unbranched alkanes of at least 4 members (excludes halogenated alkanes) is 1. The van der Waals surface area contributed by atoms with Gasteiger partial charge in [-0.15, -0.1) is 0 Å². The first-order valence-electron chi connectivity index (χ1n) is 21.2. The number of hydrogen-bond acceptors (Lipinski definition) is 3. The molecule has 0 N–H and O–H groups in total. The third-order valence-corrected chi connectivity index (χ3v) is 12.7. The Kier molecular flexibility index (Phi) is 11.6. The summed E-state index contributed by atoms with van der Waals surface area (Å²) in [5.41, 5.74) is 11.9. The van der Waals surface area contributed by atoms with Crippen LogP contribution in [0.5, 0.6) is 0 Å². The summed E-state index contributed by atoms with van der Waals surface area (Å²) in [6.07, 6.45) is 11.7. The number of hydrogen-bond donors (Lipinski definition) is 0. The Labute approximate surface area is 337 Å². The highest BCUT2D eigenvalue weighted by Gasteiger charge is 2.45. The molecule has 0 saturated heterocycles. The molecule has 4 heteroatoms. The van der Waals surface area contributed by atoms with Crippen LogP contribution in [0.25, 0.3) is 22.9 Å². The molecule has 4 nitrogen and oxygen atoms in total. The zero-order chi connectivity index (χ0) is 39.5. The average molecular weight is 744 g/mol. The molecule has 290 valence electrons. The van der Waals surface area contributed by atoms with E-state index in [1.807, 2.05) is 0 Å². The van der Waals surface area contributed by atoms with Crippen molar-refractivity contribution in [1.29, 1.82) is 0 Å². The van der Waals surface area contributed by atoms with E-state index in [-0.39, 0.29) is 16.9 Å². The van der Waals surface area contributed by atoms with Crippen molar-refractivity contribution in [1.82, 2.24) is 0 Å². The van der Waals surface area contributed by atoms with Crippen LogP contribution in [-0.4, -0.2) is 55.6 Å². The van der Waals surface area contributed by atoms with E-state index in [9.17, 15) is 0 Å². The maximum absolute atomic E-state index is 2.71. The molecule has 2 heterocycles. The number of benzene rings is 5. The van der Waals surface area contributed by atoms with E-state index in [1.165, 1.54) is 61.5 Å². The summed E-state index contributed by atoms with van der Waals surface area (Å²) >= 11 is 0. The van der Waals surface area contributed by atoms with Gasteiger partial charge in [0.1, 0.15) is 6.54 Å². The van der Waals surface area contributed by atoms with Gasteiger partial charge in [-0.1, -0.05) is 98.8 Å². The minimum atomic E-state index is -0.0767. The second-order valence-electron chi connectivity index (χ2n) is 16.6. The summed E-state index contributed by atoms with van der Waals surface area (Å²) in [6, 6.07) is 41.1. The molecule has 1 atom stereocenters. The van der Waals surface area contributed by atoms with E-state index >= 15 is 0 Å². The third kappa shape index (κ3) is 7.43. The normalized spacial score (nSPS) is 17.0. The summed E-state index contributed by atoms with van der Waals surface area (Å²) in [5.74, 6) is 0. The lowest BCUT2D eigenvalue weighted by molar-refractivity contribution is -0.438. The van der Waals surface area contributed by atoms with Gasteiger partial charge in [0.05, 0.1) is 11.5 Å². The summed E-state index contributed by atoms with van der Waals surface area (Å²) in [5, 5.41) is 2.70. The number of anilines is 3. The fourth-order valence-electron chi connectivity index (χ4n) is 9.55. The summed E-state index contributed by atoms with van der Waals surface area (Å²) < 4.78 is 2.60. The van der Waals surface area contributed by atoms with E-state index < -0.39 is 0 Å². The predicted octanol–water partition coefficient (Wildman–Crippen LogP) is 12.3. The van der Waals surface area contributed by atoms with Crippen LogP contribution in [-0.2, 0) is 10.8 Å². The fraction of sp³-hybridized carbons (Fsp3) is 0.365. The molecule has 1 unspecified atom stereocenters. The van der Waals surface area contributed by atoms with Crippen LogP contribution in [0.3, 0.4) is 0 Å². The fourth-order valence-corrected chi connectivity index (χ4v) is 9.55. The van der Waals surface area contributed by atoms with Crippen LogP contribution in [0.4, 0.5) is 22.7 Å². The van der Waals surface area contributed by atoms with Gasteiger partial charge < -0.3 is 14.7 Å². The van der Waals surface area contributed by atoms with Gasteiger partial charge >= 0.3 is 0 Å². The lowest BCUT2D eigenvalue weighted by Gasteiger charge is -2.32. The lowest BCUT2D eigenvalue weighted by Crippen LogP contribution is -2.40. The molecule has 0 aromatic heterocycles. The Balaban J connectivity index is 1.15. The Morgan fingerprint density at radius 3 is 1.86 bits per heavy atom. The zero-order valence-corrected chi connectivity index (χ0v) is 35.2. The molecule has 2 aliphatic heterocycles. The van der Waals surface area contributed by atoms with Crippen molar-refractivity contribution in [2.24, 2.45) is 0 Å². The molecular weight excluding hydrogens is 681 g/mol. The van der Waals surface area contributed by atoms with Crippen molar-refractivity contribution in [2.75, 3.05) is 54.0 Å². The van der Waals surface area contributed by atoms with Gasteiger partial charge in [-0.05, 0) is 112 Å². The highest BCUT2D eigenvalue weighted by atomic mass is 15.2. The van der Waals surface area contributed by atoms with E-state index in [0.29, 0.717) is 0 Å². The monoisotopic (exact) mass is 744 g/mol. The standard InChI is InChI=1S/C52H63N4/c1-9-53(10-2)42-30-23-39(24-31-42)27-35-48-51(5,6)45-21-15-16-22-46(45)55(48)37-17-18-38-56-47-34-29-41-19-13-14-20-44(41)50(47)52(7,8)49(56)36-28-40-25-32-43(33-26-40)54(11-3)12-4/h13-16,19-36,49H,9-12,17-18,37-38H2,1-8H3/q+1. The van der Waals surface area contributed by atoms with Gasteiger partial charge in [0, 0.05) is 79.3 Å². The highest BCUT2D eigenvalue weighted by Crippen LogP contribution is 2.49. The van der Waals surface area contributed by atoms with Gasteiger partial charge in [-0.3, -0.25) is 0 Å². The summed E-state index contributed by atoms with van der Waals surface area (Å²) in [6.45, 7) is 24.6. The van der Waals surface area contributed by atoms with Gasteiger partial charge in [-0.25, -0.2) is 0 Å². The van der Waals surface area contributed by atoms with Crippen LogP contribution >= 0.6 is 0 Å². The second kappa shape index (κ2) is 16.6. The molecule has 7 rings (SSSR count). The Morgan fingerprint density at radius 2 is 1.21 bits per heavy atom. The number of para-hydroxylation sites is 1. The van der Waals surface area contributed by atoms with Gasteiger partial charge in [-0.2, -0.15) is 4.58 Å². The molecule has 0 radical (unpaired) electrons. The van der Waals surface area contributed by atoms with E-state index in [0.717, 1.165) is 52.1 Å². The molecular formula is C52H63N4+. The highest BCUT2D eigenvalue weighted by molar-refractivity contribution is 6.05. The molecule has 0 fully saturated rings. The number of allylic oxidation sites excluding steroid dienone is 1. The van der Waals surface area contributed by atoms with Crippen molar-refractivity contribution in [3.63, 3.8) is 0 Å². The topological polar surface area (TPSA) is 12.7 Å². The maximum Gasteiger partial charge on any atom is 0.209 e. The van der Waals surface area contributed by atoms with Crippen LogP contribution in [0, 0.1) is 0 Å². The minimum absolute atomic E-state index is 0.0545. The molecule has 0 amide bonds. The van der Waals surface area contributed by atoms with Crippen LogP contribution in [0.2, 0.25) is 0 Å². The number of rotatable bonds is 15. The molecule has 2 aliphatic rings. The quantitative estimate of drug-likeness (QED) is 0.0783. The van der Waals surface area contributed by atoms with Crippen molar-refractivity contribution in [3.8, 4) is 0 Å². The molecule has 0 aliphatic carbocycles. The first kappa shape index (κ1) is 39.2. The van der Waals surface area contributed by atoms with E-state index in [1.54, 1.807) is 0 Å². The molecule has 5 aromatic rings.